The predicted octanol–water partition coefficient (Wildman–Crippen LogP) is 3.09. The van der Waals surface area contributed by atoms with Gasteiger partial charge in [-0.3, -0.25) is 0 Å². The Bertz CT molecular complexity index is 510. The van der Waals surface area contributed by atoms with Gasteiger partial charge in [0.15, 0.2) is 0 Å². The lowest BCUT2D eigenvalue weighted by molar-refractivity contribution is -0.117. The van der Waals surface area contributed by atoms with Crippen LogP contribution >= 0.6 is 0 Å². The first-order chi connectivity index (χ1) is 7.68. The standard InChI is InChI=1S/C14H17NO/c1-11(16)6-5-7-12-10-15(2)14-9-4-3-8-13(12)14/h3-4,8-10H,5-7H2,1-2H3. The summed E-state index contributed by atoms with van der Waals surface area (Å²) in [6, 6.07) is 8.40. The number of carbonyl (C=O) groups is 1. The van der Waals surface area contributed by atoms with Crippen molar-refractivity contribution in [3.63, 3.8) is 0 Å². The van der Waals surface area contributed by atoms with Gasteiger partial charge >= 0.3 is 0 Å². The monoisotopic (exact) mass is 215 g/mol. The van der Waals surface area contributed by atoms with Crippen LogP contribution in [0.25, 0.3) is 10.9 Å². The molecule has 0 aliphatic carbocycles. The average Bonchev–Trinajstić information content (AvgIpc) is 2.57. The van der Waals surface area contributed by atoms with Crippen LogP contribution in [-0.4, -0.2) is 10.4 Å². The molecular weight excluding hydrogens is 198 g/mol. The molecule has 1 heterocycles. The zero-order valence-corrected chi connectivity index (χ0v) is 9.86. The zero-order valence-electron chi connectivity index (χ0n) is 9.86. The van der Waals surface area contributed by atoms with Crippen LogP contribution in [0, 0.1) is 0 Å². The Balaban J connectivity index is 2.21. The third kappa shape index (κ3) is 2.16. The van der Waals surface area contributed by atoms with Gasteiger partial charge in [0.1, 0.15) is 5.78 Å². The minimum Gasteiger partial charge on any atom is -0.350 e. The van der Waals surface area contributed by atoms with E-state index in [2.05, 4.69) is 42.1 Å². The Morgan fingerprint density at radius 3 is 2.81 bits per heavy atom. The largest absolute Gasteiger partial charge is 0.350 e. The number of aryl methyl sites for hydroxylation is 2. The van der Waals surface area contributed by atoms with Gasteiger partial charge < -0.3 is 9.36 Å². The lowest BCUT2D eigenvalue weighted by atomic mass is 10.1. The van der Waals surface area contributed by atoms with Crippen molar-refractivity contribution < 1.29 is 4.79 Å². The number of Topliss-reactive ketones (excluding diaryl/α,β-unsaturated/α-hetero) is 1. The van der Waals surface area contributed by atoms with Gasteiger partial charge in [-0.25, -0.2) is 0 Å². The third-order valence-electron chi connectivity index (χ3n) is 2.95. The van der Waals surface area contributed by atoms with E-state index >= 15 is 0 Å². The summed E-state index contributed by atoms with van der Waals surface area (Å²) >= 11 is 0. The van der Waals surface area contributed by atoms with Crippen molar-refractivity contribution in [2.45, 2.75) is 26.2 Å². The molecule has 0 unspecified atom stereocenters. The van der Waals surface area contributed by atoms with Gasteiger partial charge in [0.05, 0.1) is 0 Å². The fourth-order valence-electron chi connectivity index (χ4n) is 2.15. The SMILES string of the molecule is CC(=O)CCCc1cn(C)c2ccccc12. The van der Waals surface area contributed by atoms with Gasteiger partial charge in [-0.2, -0.15) is 0 Å². The maximum Gasteiger partial charge on any atom is 0.129 e. The summed E-state index contributed by atoms with van der Waals surface area (Å²) in [5.41, 5.74) is 2.61. The zero-order chi connectivity index (χ0) is 11.5. The van der Waals surface area contributed by atoms with E-state index in [9.17, 15) is 4.79 Å². The van der Waals surface area contributed by atoms with Crippen LogP contribution in [0.5, 0.6) is 0 Å². The maximum atomic E-state index is 10.9. The van der Waals surface area contributed by atoms with E-state index in [4.69, 9.17) is 0 Å². The molecule has 0 aliphatic heterocycles. The molecule has 0 atom stereocenters. The van der Waals surface area contributed by atoms with Gasteiger partial charge in [0.2, 0.25) is 0 Å². The Kier molecular flexibility index (Phi) is 3.09. The van der Waals surface area contributed by atoms with Gasteiger partial charge in [-0.15, -0.1) is 0 Å². The molecule has 2 rings (SSSR count). The lowest BCUT2D eigenvalue weighted by Gasteiger charge is -1.97. The second-order valence-electron chi connectivity index (χ2n) is 4.34. The molecule has 0 fully saturated rings. The summed E-state index contributed by atoms with van der Waals surface area (Å²) in [6.45, 7) is 1.66. The number of hydrogen-bond acceptors (Lipinski definition) is 1. The number of fused-ring (bicyclic) bond motifs is 1. The van der Waals surface area contributed by atoms with Crippen molar-refractivity contribution in [3.8, 4) is 0 Å². The minimum absolute atomic E-state index is 0.278. The summed E-state index contributed by atoms with van der Waals surface area (Å²) in [7, 11) is 2.07. The Morgan fingerprint density at radius 2 is 2.06 bits per heavy atom. The Morgan fingerprint density at radius 1 is 1.31 bits per heavy atom. The van der Waals surface area contributed by atoms with Crippen LogP contribution in [0.3, 0.4) is 0 Å². The van der Waals surface area contributed by atoms with Crippen LogP contribution in [0.4, 0.5) is 0 Å². The molecule has 0 radical (unpaired) electrons. The molecule has 0 bridgehead atoms. The van der Waals surface area contributed by atoms with E-state index in [1.54, 1.807) is 6.92 Å². The van der Waals surface area contributed by atoms with Crippen molar-refractivity contribution in [2.24, 2.45) is 7.05 Å². The number of nitrogens with zero attached hydrogens (tertiary/aromatic N) is 1. The van der Waals surface area contributed by atoms with Crippen molar-refractivity contribution in [3.05, 3.63) is 36.0 Å². The van der Waals surface area contributed by atoms with Crippen LogP contribution in [0.15, 0.2) is 30.5 Å². The molecule has 0 saturated heterocycles. The highest BCUT2D eigenvalue weighted by molar-refractivity contribution is 5.84. The first-order valence-electron chi connectivity index (χ1n) is 5.71. The first kappa shape index (κ1) is 10.9. The highest BCUT2D eigenvalue weighted by Gasteiger charge is 2.05. The number of ketones is 1. The highest BCUT2D eigenvalue weighted by Crippen LogP contribution is 2.21. The van der Waals surface area contributed by atoms with Gasteiger partial charge in [0.25, 0.3) is 0 Å². The molecule has 2 aromatic rings. The van der Waals surface area contributed by atoms with Crippen molar-refractivity contribution in [1.29, 1.82) is 0 Å². The van der Waals surface area contributed by atoms with Gasteiger partial charge in [-0.05, 0) is 31.4 Å². The van der Waals surface area contributed by atoms with Crippen molar-refractivity contribution >= 4 is 16.7 Å². The summed E-state index contributed by atoms with van der Waals surface area (Å²) in [4.78, 5) is 10.9. The summed E-state index contributed by atoms with van der Waals surface area (Å²) in [6.07, 6.45) is 4.79. The van der Waals surface area contributed by atoms with Crippen LogP contribution in [-0.2, 0) is 18.3 Å². The number of aromatic nitrogens is 1. The lowest BCUT2D eigenvalue weighted by Crippen LogP contribution is -1.91. The quantitative estimate of drug-likeness (QED) is 0.768. The summed E-state index contributed by atoms with van der Waals surface area (Å²) < 4.78 is 2.15. The van der Waals surface area contributed by atoms with Gasteiger partial charge in [0, 0.05) is 30.6 Å². The second kappa shape index (κ2) is 4.52. The number of para-hydroxylation sites is 1. The molecule has 1 aromatic carbocycles. The minimum atomic E-state index is 0.278. The Hall–Kier alpha value is -1.57. The van der Waals surface area contributed by atoms with E-state index in [-0.39, 0.29) is 5.78 Å². The summed E-state index contributed by atoms with van der Waals surface area (Å²) in [5, 5.41) is 1.31. The second-order valence-corrected chi connectivity index (χ2v) is 4.34. The third-order valence-corrected chi connectivity index (χ3v) is 2.95. The molecule has 16 heavy (non-hydrogen) atoms. The van der Waals surface area contributed by atoms with E-state index in [1.165, 1.54) is 16.5 Å². The highest BCUT2D eigenvalue weighted by atomic mass is 16.1. The van der Waals surface area contributed by atoms with Crippen molar-refractivity contribution in [2.75, 3.05) is 0 Å². The summed E-state index contributed by atoms with van der Waals surface area (Å²) in [5.74, 6) is 0.278. The molecule has 2 nitrogen and oxygen atoms in total. The van der Waals surface area contributed by atoms with Crippen molar-refractivity contribution in [1.82, 2.24) is 4.57 Å². The van der Waals surface area contributed by atoms with Crippen LogP contribution < -0.4 is 0 Å². The molecule has 84 valence electrons. The molecular formula is C14H17NO. The molecule has 0 spiro atoms. The number of rotatable bonds is 4. The molecule has 2 heteroatoms. The van der Waals surface area contributed by atoms with E-state index < -0.39 is 0 Å². The maximum absolute atomic E-state index is 10.9. The first-order valence-corrected chi connectivity index (χ1v) is 5.71. The normalized spacial score (nSPS) is 10.9. The fraction of sp³-hybridized carbons (Fsp3) is 0.357. The molecule has 0 amide bonds. The number of benzene rings is 1. The predicted molar refractivity (Wildman–Crippen MR) is 66.5 cm³/mol. The molecule has 1 aromatic heterocycles. The molecule has 0 aliphatic rings. The van der Waals surface area contributed by atoms with E-state index in [0.717, 1.165) is 12.8 Å². The smallest absolute Gasteiger partial charge is 0.129 e. The Labute approximate surface area is 95.9 Å². The fourth-order valence-corrected chi connectivity index (χ4v) is 2.15. The van der Waals surface area contributed by atoms with Gasteiger partial charge in [-0.1, -0.05) is 18.2 Å². The molecule has 0 saturated carbocycles. The number of hydrogen-bond donors (Lipinski definition) is 0. The van der Waals surface area contributed by atoms with E-state index in [0.29, 0.717) is 6.42 Å². The van der Waals surface area contributed by atoms with Crippen LogP contribution in [0.1, 0.15) is 25.3 Å². The van der Waals surface area contributed by atoms with Crippen LogP contribution in [0.2, 0.25) is 0 Å². The number of carbonyl (C=O) groups excluding carboxylic acids is 1. The average molecular weight is 215 g/mol. The molecule has 0 N–H and O–H groups in total. The topological polar surface area (TPSA) is 22.0 Å². The van der Waals surface area contributed by atoms with E-state index in [1.807, 2.05) is 0 Å².